The largest absolute Gasteiger partial charge is 0.338 e. The zero-order chi connectivity index (χ0) is 17.3. The summed E-state index contributed by atoms with van der Waals surface area (Å²) in [6.45, 7) is 6.73. The van der Waals surface area contributed by atoms with Gasteiger partial charge in [-0.1, -0.05) is 25.9 Å². The molecular weight excluding hydrogens is 310 g/mol. The van der Waals surface area contributed by atoms with Crippen molar-refractivity contribution in [3.8, 4) is 0 Å². The lowest BCUT2D eigenvalue weighted by Gasteiger charge is -2.37. The van der Waals surface area contributed by atoms with E-state index in [1.165, 1.54) is 18.6 Å². The molecule has 2 amide bonds. The predicted molar refractivity (Wildman–Crippen MR) is 85.3 cm³/mol. The second kappa shape index (κ2) is 6.03. The molecule has 126 valence electrons. The lowest BCUT2D eigenvalue weighted by atomic mass is 9.92. The van der Waals surface area contributed by atoms with E-state index in [9.17, 15) is 9.59 Å². The van der Waals surface area contributed by atoms with Gasteiger partial charge in [-0.25, -0.2) is 4.98 Å². The highest BCUT2D eigenvalue weighted by Crippen LogP contribution is 2.25. The Labute approximate surface area is 139 Å². The summed E-state index contributed by atoms with van der Waals surface area (Å²) in [7, 11) is 0. The molecule has 0 aromatic carbocycles. The highest BCUT2D eigenvalue weighted by molar-refractivity contribution is 5.97. The molecule has 1 aliphatic rings. The molecule has 1 aliphatic heterocycles. The molecule has 8 nitrogen and oxygen atoms in total. The number of carbonyl (C=O) groups excluding carboxylic acids is 2. The standard InChI is InChI=1S/C16H19N5O3/c1-16(2,3)12-6-13(24-20-12)19-14(22)10-8-21(9-10)15(23)11-7-17-4-5-18-11/h4-7,10H,8-9H2,1-3H3,(H,19,22). The third kappa shape index (κ3) is 3.27. The predicted octanol–water partition coefficient (Wildman–Crippen LogP) is 1.47. The number of anilines is 1. The van der Waals surface area contributed by atoms with Gasteiger partial charge in [0.2, 0.25) is 11.8 Å². The highest BCUT2D eigenvalue weighted by atomic mass is 16.5. The van der Waals surface area contributed by atoms with Crippen molar-refractivity contribution in [2.45, 2.75) is 26.2 Å². The number of carbonyl (C=O) groups is 2. The van der Waals surface area contributed by atoms with Crippen LogP contribution in [-0.4, -0.2) is 44.9 Å². The van der Waals surface area contributed by atoms with E-state index in [4.69, 9.17) is 4.52 Å². The average Bonchev–Trinajstić information content (AvgIpc) is 2.95. The molecule has 24 heavy (non-hydrogen) atoms. The Hall–Kier alpha value is -2.77. The number of nitrogens with zero attached hydrogens (tertiary/aromatic N) is 4. The zero-order valence-corrected chi connectivity index (χ0v) is 13.8. The monoisotopic (exact) mass is 329 g/mol. The number of aromatic nitrogens is 3. The molecule has 0 radical (unpaired) electrons. The van der Waals surface area contributed by atoms with Crippen LogP contribution in [-0.2, 0) is 10.2 Å². The molecule has 0 atom stereocenters. The van der Waals surface area contributed by atoms with Crippen molar-refractivity contribution in [3.05, 3.63) is 36.0 Å². The molecular formula is C16H19N5O3. The van der Waals surface area contributed by atoms with E-state index in [0.29, 0.717) is 19.0 Å². The summed E-state index contributed by atoms with van der Waals surface area (Å²) in [5.74, 6) is -0.353. The van der Waals surface area contributed by atoms with Crippen molar-refractivity contribution in [2.75, 3.05) is 18.4 Å². The Balaban J connectivity index is 1.53. The van der Waals surface area contributed by atoms with Gasteiger partial charge in [0.15, 0.2) is 0 Å². The van der Waals surface area contributed by atoms with E-state index in [1.54, 1.807) is 11.0 Å². The molecule has 0 aliphatic carbocycles. The quantitative estimate of drug-likeness (QED) is 0.915. The van der Waals surface area contributed by atoms with Gasteiger partial charge in [-0.3, -0.25) is 19.9 Å². The van der Waals surface area contributed by atoms with Crippen LogP contribution >= 0.6 is 0 Å². The summed E-state index contributed by atoms with van der Waals surface area (Å²) in [5.41, 5.74) is 0.898. The molecule has 1 saturated heterocycles. The summed E-state index contributed by atoms with van der Waals surface area (Å²) in [6, 6.07) is 1.72. The first-order chi connectivity index (χ1) is 11.3. The van der Waals surface area contributed by atoms with Crippen LogP contribution in [0.25, 0.3) is 0 Å². The van der Waals surface area contributed by atoms with Gasteiger partial charge in [0.25, 0.3) is 5.91 Å². The molecule has 2 aromatic heterocycles. The van der Waals surface area contributed by atoms with E-state index >= 15 is 0 Å². The number of nitrogens with one attached hydrogen (secondary N) is 1. The fraction of sp³-hybridized carbons (Fsp3) is 0.438. The molecule has 2 aromatic rings. The Morgan fingerprint density at radius 3 is 2.62 bits per heavy atom. The number of hydrogen-bond acceptors (Lipinski definition) is 6. The van der Waals surface area contributed by atoms with Gasteiger partial charge in [-0.15, -0.1) is 0 Å². The van der Waals surface area contributed by atoms with Crippen molar-refractivity contribution < 1.29 is 14.1 Å². The van der Waals surface area contributed by atoms with E-state index in [-0.39, 0.29) is 28.8 Å². The number of rotatable bonds is 3. The third-order valence-electron chi connectivity index (χ3n) is 3.85. The van der Waals surface area contributed by atoms with E-state index in [0.717, 1.165) is 5.69 Å². The maximum Gasteiger partial charge on any atom is 0.274 e. The summed E-state index contributed by atoms with van der Waals surface area (Å²) in [6.07, 6.45) is 4.39. The van der Waals surface area contributed by atoms with Crippen LogP contribution in [0.3, 0.4) is 0 Å². The fourth-order valence-electron chi connectivity index (χ4n) is 2.29. The smallest absolute Gasteiger partial charge is 0.274 e. The zero-order valence-electron chi connectivity index (χ0n) is 13.8. The van der Waals surface area contributed by atoms with Crippen molar-refractivity contribution in [3.63, 3.8) is 0 Å². The van der Waals surface area contributed by atoms with Crippen molar-refractivity contribution >= 4 is 17.7 Å². The lowest BCUT2D eigenvalue weighted by molar-refractivity contribution is -0.123. The Morgan fingerprint density at radius 2 is 2.04 bits per heavy atom. The minimum absolute atomic E-state index is 0.150. The van der Waals surface area contributed by atoms with Crippen LogP contribution in [0, 0.1) is 5.92 Å². The minimum Gasteiger partial charge on any atom is -0.338 e. The maximum atomic E-state index is 12.2. The van der Waals surface area contributed by atoms with Crippen LogP contribution in [0.2, 0.25) is 0 Å². The molecule has 3 rings (SSSR count). The number of hydrogen-bond donors (Lipinski definition) is 1. The van der Waals surface area contributed by atoms with Gasteiger partial charge in [-0.05, 0) is 0 Å². The molecule has 3 heterocycles. The normalized spacial score (nSPS) is 15.0. The van der Waals surface area contributed by atoms with Gasteiger partial charge in [-0.2, -0.15) is 0 Å². The van der Waals surface area contributed by atoms with E-state index in [1.807, 2.05) is 20.8 Å². The molecule has 0 bridgehead atoms. The maximum absolute atomic E-state index is 12.2. The first-order valence-corrected chi connectivity index (χ1v) is 7.68. The van der Waals surface area contributed by atoms with Crippen LogP contribution in [0.1, 0.15) is 37.0 Å². The second-order valence-electron chi connectivity index (χ2n) is 6.81. The number of amides is 2. The average molecular weight is 329 g/mol. The highest BCUT2D eigenvalue weighted by Gasteiger charge is 2.37. The topological polar surface area (TPSA) is 101 Å². The van der Waals surface area contributed by atoms with Crippen molar-refractivity contribution in [1.29, 1.82) is 0 Å². The molecule has 8 heteroatoms. The van der Waals surface area contributed by atoms with Gasteiger partial charge < -0.3 is 9.42 Å². The summed E-state index contributed by atoms with van der Waals surface area (Å²) in [4.78, 5) is 33.7. The van der Waals surface area contributed by atoms with Crippen molar-refractivity contribution in [1.82, 2.24) is 20.0 Å². The van der Waals surface area contributed by atoms with Gasteiger partial charge in [0.05, 0.1) is 17.8 Å². The second-order valence-corrected chi connectivity index (χ2v) is 6.81. The molecule has 1 N–H and O–H groups in total. The van der Waals surface area contributed by atoms with Crippen molar-refractivity contribution in [2.24, 2.45) is 5.92 Å². The van der Waals surface area contributed by atoms with E-state index in [2.05, 4.69) is 20.4 Å². The summed E-state index contributed by atoms with van der Waals surface area (Å²) in [5, 5.41) is 6.66. The summed E-state index contributed by atoms with van der Waals surface area (Å²) >= 11 is 0. The Bertz CT molecular complexity index is 745. The molecule has 0 saturated carbocycles. The minimum atomic E-state index is -0.270. The first-order valence-electron chi connectivity index (χ1n) is 7.68. The van der Waals surface area contributed by atoms with E-state index < -0.39 is 0 Å². The first kappa shape index (κ1) is 16.1. The Morgan fingerprint density at radius 1 is 1.29 bits per heavy atom. The lowest BCUT2D eigenvalue weighted by Crippen LogP contribution is -2.54. The van der Waals surface area contributed by atoms with Gasteiger partial charge >= 0.3 is 0 Å². The summed E-state index contributed by atoms with van der Waals surface area (Å²) < 4.78 is 5.14. The Kier molecular flexibility index (Phi) is 4.04. The van der Waals surface area contributed by atoms with Gasteiger partial charge in [0, 0.05) is 37.0 Å². The number of likely N-dealkylation sites (tertiary alicyclic amines) is 1. The molecule has 0 unspecified atom stereocenters. The van der Waals surface area contributed by atoms with Gasteiger partial charge in [0.1, 0.15) is 5.69 Å². The third-order valence-corrected chi connectivity index (χ3v) is 3.85. The van der Waals surface area contributed by atoms with Crippen LogP contribution in [0.5, 0.6) is 0 Å². The molecule has 0 spiro atoms. The van der Waals surface area contributed by atoms with Crippen LogP contribution in [0.15, 0.2) is 29.2 Å². The van der Waals surface area contributed by atoms with Crippen LogP contribution in [0.4, 0.5) is 5.88 Å². The fourth-order valence-corrected chi connectivity index (χ4v) is 2.29. The molecule has 1 fully saturated rings. The van der Waals surface area contributed by atoms with Crippen LogP contribution < -0.4 is 5.32 Å². The SMILES string of the molecule is CC(C)(C)c1cc(NC(=O)C2CN(C(=O)c3cnccn3)C2)on1.